The monoisotopic (exact) mass is 369 g/mol. The lowest BCUT2D eigenvalue weighted by Gasteiger charge is -2.26. The molecule has 1 amide bonds. The van der Waals surface area contributed by atoms with Gasteiger partial charge in [0.05, 0.1) is 5.02 Å². The lowest BCUT2D eigenvalue weighted by atomic mass is 9.92. The highest BCUT2D eigenvalue weighted by molar-refractivity contribution is 7.13. The number of rotatable bonds is 3. The molecule has 1 saturated carbocycles. The highest BCUT2D eigenvalue weighted by atomic mass is 35.5. The Morgan fingerprint density at radius 1 is 1.26 bits per heavy atom. The number of nitrogens with one attached hydrogen (secondary N) is 1. The quantitative estimate of drug-likeness (QED) is 0.854. The molecule has 1 aliphatic rings. The standard InChI is InChI=1S/C16H17Cl2N3OS/c17-9-1-6-12(13(18)7-9)16-21-14(8-23-16)15(22)20-11-4-2-10(19)3-5-11/h1,6-8,10-11H,2-5,19H2,(H,20,22). The number of aromatic nitrogens is 1. The topological polar surface area (TPSA) is 68.0 Å². The molecule has 1 aliphatic carbocycles. The molecule has 2 aromatic rings. The lowest BCUT2D eigenvalue weighted by Crippen LogP contribution is -2.40. The van der Waals surface area contributed by atoms with Crippen LogP contribution in [0.1, 0.15) is 36.2 Å². The van der Waals surface area contributed by atoms with Crippen molar-refractivity contribution in [3.05, 3.63) is 39.3 Å². The highest BCUT2D eigenvalue weighted by Gasteiger charge is 2.22. The van der Waals surface area contributed by atoms with Crippen molar-refractivity contribution >= 4 is 40.4 Å². The first-order chi connectivity index (χ1) is 11.0. The Labute approximate surface area is 149 Å². The van der Waals surface area contributed by atoms with Crippen LogP contribution in [-0.2, 0) is 0 Å². The van der Waals surface area contributed by atoms with E-state index in [0.717, 1.165) is 31.2 Å². The summed E-state index contributed by atoms with van der Waals surface area (Å²) in [6.07, 6.45) is 3.75. The molecule has 7 heteroatoms. The number of amides is 1. The van der Waals surface area contributed by atoms with Gasteiger partial charge in [-0.05, 0) is 43.9 Å². The van der Waals surface area contributed by atoms with Crippen molar-refractivity contribution < 1.29 is 4.79 Å². The molecule has 0 radical (unpaired) electrons. The van der Waals surface area contributed by atoms with Gasteiger partial charge in [0.2, 0.25) is 0 Å². The summed E-state index contributed by atoms with van der Waals surface area (Å²) in [7, 11) is 0. The molecule has 4 nitrogen and oxygen atoms in total. The smallest absolute Gasteiger partial charge is 0.270 e. The molecule has 0 unspecified atom stereocenters. The van der Waals surface area contributed by atoms with E-state index in [9.17, 15) is 4.79 Å². The molecular weight excluding hydrogens is 353 g/mol. The third kappa shape index (κ3) is 4.04. The van der Waals surface area contributed by atoms with Crippen LogP contribution >= 0.6 is 34.5 Å². The fraction of sp³-hybridized carbons (Fsp3) is 0.375. The maximum absolute atomic E-state index is 12.3. The van der Waals surface area contributed by atoms with Crippen molar-refractivity contribution in [2.24, 2.45) is 5.73 Å². The van der Waals surface area contributed by atoms with Gasteiger partial charge in [0.25, 0.3) is 5.91 Å². The van der Waals surface area contributed by atoms with Crippen LogP contribution in [-0.4, -0.2) is 23.0 Å². The van der Waals surface area contributed by atoms with Gasteiger partial charge in [-0.3, -0.25) is 4.79 Å². The molecular formula is C16H17Cl2N3OS. The molecule has 0 spiro atoms. The van der Waals surface area contributed by atoms with Gasteiger partial charge in [-0.25, -0.2) is 4.98 Å². The first-order valence-electron chi connectivity index (χ1n) is 7.50. The van der Waals surface area contributed by atoms with E-state index in [0.29, 0.717) is 20.7 Å². The van der Waals surface area contributed by atoms with E-state index in [1.165, 1.54) is 11.3 Å². The summed E-state index contributed by atoms with van der Waals surface area (Å²) in [5.41, 5.74) is 7.09. The van der Waals surface area contributed by atoms with E-state index >= 15 is 0 Å². The Bertz CT molecular complexity index is 711. The Hall–Kier alpha value is -1.14. The van der Waals surface area contributed by atoms with Gasteiger partial charge in [0.1, 0.15) is 10.7 Å². The fourth-order valence-electron chi connectivity index (χ4n) is 2.69. The van der Waals surface area contributed by atoms with Crippen molar-refractivity contribution in [1.29, 1.82) is 0 Å². The molecule has 1 fully saturated rings. The molecule has 0 aliphatic heterocycles. The molecule has 3 N–H and O–H groups in total. The van der Waals surface area contributed by atoms with E-state index in [1.807, 2.05) is 6.07 Å². The van der Waals surface area contributed by atoms with Crippen molar-refractivity contribution in [2.75, 3.05) is 0 Å². The summed E-state index contributed by atoms with van der Waals surface area (Å²) in [5.74, 6) is -0.141. The Morgan fingerprint density at radius 3 is 2.70 bits per heavy atom. The zero-order valence-electron chi connectivity index (χ0n) is 12.4. The van der Waals surface area contributed by atoms with E-state index in [1.54, 1.807) is 17.5 Å². The van der Waals surface area contributed by atoms with Crippen LogP contribution in [0.4, 0.5) is 0 Å². The van der Waals surface area contributed by atoms with Crippen molar-refractivity contribution in [3.8, 4) is 10.6 Å². The largest absolute Gasteiger partial charge is 0.348 e. The minimum Gasteiger partial charge on any atom is -0.348 e. The van der Waals surface area contributed by atoms with Gasteiger partial charge in [-0.1, -0.05) is 23.2 Å². The Kier molecular flexibility index (Phi) is 5.21. The fourth-order valence-corrected chi connectivity index (χ4v) is 4.08. The summed E-state index contributed by atoms with van der Waals surface area (Å²) in [6.45, 7) is 0. The number of benzene rings is 1. The van der Waals surface area contributed by atoms with Crippen LogP contribution < -0.4 is 11.1 Å². The molecule has 3 rings (SSSR count). The minimum atomic E-state index is -0.141. The maximum Gasteiger partial charge on any atom is 0.270 e. The van der Waals surface area contributed by atoms with Gasteiger partial charge in [0, 0.05) is 28.0 Å². The van der Waals surface area contributed by atoms with E-state index in [2.05, 4.69) is 10.3 Å². The van der Waals surface area contributed by atoms with Crippen LogP contribution in [0, 0.1) is 0 Å². The maximum atomic E-state index is 12.3. The summed E-state index contributed by atoms with van der Waals surface area (Å²) in [4.78, 5) is 16.7. The average molecular weight is 370 g/mol. The van der Waals surface area contributed by atoms with Crippen LogP contribution in [0.15, 0.2) is 23.6 Å². The minimum absolute atomic E-state index is 0.141. The molecule has 0 bridgehead atoms. The zero-order chi connectivity index (χ0) is 16.4. The average Bonchev–Trinajstić information content (AvgIpc) is 2.99. The molecule has 1 aromatic heterocycles. The number of hydrogen-bond donors (Lipinski definition) is 2. The van der Waals surface area contributed by atoms with Crippen molar-refractivity contribution in [2.45, 2.75) is 37.8 Å². The third-order valence-corrected chi connectivity index (χ3v) is 5.43. The molecule has 0 atom stereocenters. The zero-order valence-corrected chi connectivity index (χ0v) is 14.7. The number of carbonyl (C=O) groups is 1. The Morgan fingerprint density at radius 2 is 2.00 bits per heavy atom. The molecule has 23 heavy (non-hydrogen) atoms. The van der Waals surface area contributed by atoms with E-state index < -0.39 is 0 Å². The summed E-state index contributed by atoms with van der Waals surface area (Å²) >= 11 is 13.5. The second kappa shape index (κ2) is 7.18. The first-order valence-corrected chi connectivity index (χ1v) is 9.14. The SMILES string of the molecule is NC1CCC(NC(=O)c2csc(-c3ccc(Cl)cc3Cl)n2)CC1. The van der Waals surface area contributed by atoms with Gasteiger partial charge in [-0.2, -0.15) is 0 Å². The second-order valence-corrected chi connectivity index (χ2v) is 7.45. The predicted octanol–water partition coefficient (Wildman–Crippen LogP) is 4.12. The summed E-state index contributed by atoms with van der Waals surface area (Å²) in [6, 6.07) is 5.70. The summed E-state index contributed by atoms with van der Waals surface area (Å²) in [5, 5.41) is 6.61. The summed E-state index contributed by atoms with van der Waals surface area (Å²) < 4.78 is 0. The van der Waals surface area contributed by atoms with Crippen LogP contribution in [0.5, 0.6) is 0 Å². The van der Waals surface area contributed by atoms with Crippen molar-refractivity contribution in [1.82, 2.24) is 10.3 Å². The van der Waals surface area contributed by atoms with Gasteiger partial charge in [-0.15, -0.1) is 11.3 Å². The normalized spacial score (nSPS) is 21.2. The number of nitrogens with zero attached hydrogens (tertiary/aromatic N) is 1. The van der Waals surface area contributed by atoms with Crippen LogP contribution in [0.3, 0.4) is 0 Å². The first kappa shape index (κ1) is 16.7. The highest BCUT2D eigenvalue weighted by Crippen LogP contribution is 2.32. The van der Waals surface area contributed by atoms with Gasteiger partial charge >= 0.3 is 0 Å². The predicted molar refractivity (Wildman–Crippen MR) is 95.3 cm³/mol. The molecule has 1 heterocycles. The number of halogens is 2. The number of thiazole rings is 1. The second-order valence-electron chi connectivity index (χ2n) is 5.75. The van der Waals surface area contributed by atoms with Gasteiger partial charge < -0.3 is 11.1 Å². The lowest BCUT2D eigenvalue weighted by molar-refractivity contribution is 0.0921. The van der Waals surface area contributed by atoms with Crippen molar-refractivity contribution in [3.63, 3.8) is 0 Å². The number of carbonyl (C=O) groups excluding carboxylic acids is 1. The van der Waals surface area contributed by atoms with Crippen LogP contribution in [0.2, 0.25) is 10.0 Å². The van der Waals surface area contributed by atoms with E-state index in [-0.39, 0.29) is 18.0 Å². The van der Waals surface area contributed by atoms with E-state index in [4.69, 9.17) is 28.9 Å². The number of nitrogens with two attached hydrogens (primary N) is 1. The molecule has 1 aromatic carbocycles. The van der Waals surface area contributed by atoms with Gasteiger partial charge in [0.15, 0.2) is 0 Å². The number of hydrogen-bond acceptors (Lipinski definition) is 4. The molecule has 122 valence electrons. The third-order valence-electron chi connectivity index (χ3n) is 4.01. The Balaban J connectivity index is 1.70. The van der Waals surface area contributed by atoms with Crippen LogP contribution in [0.25, 0.3) is 10.6 Å². The molecule has 0 saturated heterocycles.